The van der Waals surface area contributed by atoms with E-state index in [9.17, 15) is 10.2 Å². The van der Waals surface area contributed by atoms with Crippen molar-refractivity contribution >= 4 is 16.6 Å². The zero-order chi connectivity index (χ0) is 25.9. The lowest BCUT2D eigenvalue weighted by atomic mass is 10.1. The molecule has 0 aromatic rings. The van der Waals surface area contributed by atoms with Crippen molar-refractivity contribution < 1.29 is 19.1 Å². The van der Waals surface area contributed by atoms with Gasteiger partial charge in [-0.1, -0.05) is 113 Å². The molecule has 0 aromatic heterocycles. The summed E-state index contributed by atoms with van der Waals surface area (Å²) in [5.74, 6) is 0. The number of aliphatic hydroxyl groups excluding tert-OH is 2. The first-order chi connectivity index (χ1) is 16.0. The molecule has 0 unspecified atom stereocenters. The minimum Gasteiger partial charge on any atom is -0.410 e. The average molecular weight is 515 g/mol. The van der Waals surface area contributed by atoms with E-state index in [1.54, 1.807) is 6.08 Å². The minimum absolute atomic E-state index is 0.0905. The molecule has 6 heteroatoms. The number of hydrogen-bond donors (Lipinski definition) is 2. The Morgan fingerprint density at radius 2 is 1.18 bits per heavy atom. The summed E-state index contributed by atoms with van der Waals surface area (Å²) in [4.78, 5) is 0. The molecular formula is C28H58O4Si2. The lowest BCUT2D eigenvalue weighted by molar-refractivity contribution is -0.0436. The molecule has 0 saturated carbocycles. The lowest BCUT2D eigenvalue weighted by Gasteiger charge is -2.46. The van der Waals surface area contributed by atoms with Crippen LogP contribution in [0, 0.1) is 0 Å². The Balaban J connectivity index is 3.27. The van der Waals surface area contributed by atoms with Crippen LogP contribution in [0.1, 0.15) is 107 Å². The van der Waals surface area contributed by atoms with E-state index in [0.29, 0.717) is 23.0 Å². The summed E-state index contributed by atoms with van der Waals surface area (Å²) in [6.45, 7) is 20.5. The Hall–Kier alpha value is 0.0138. The molecule has 2 N–H and O–H groups in total. The Kier molecular flexibility index (Phi) is 14.4. The van der Waals surface area contributed by atoms with Gasteiger partial charge in [0.2, 0.25) is 8.32 Å². The second kappa shape index (κ2) is 15.3. The zero-order valence-electron chi connectivity index (χ0n) is 24.0. The summed E-state index contributed by atoms with van der Waals surface area (Å²) in [6.07, 6.45) is 9.41. The van der Waals surface area contributed by atoms with Gasteiger partial charge in [-0.2, -0.15) is 0 Å². The molecule has 0 fully saturated rings. The fraction of sp³-hybridized carbons (Fsp3) is 0.929. The Morgan fingerprint density at radius 1 is 0.735 bits per heavy atom. The van der Waals surface area contributed by atoms with Crippen molar-refractivity contribution in [1.82, 2.24) is 0 Å². The van der Waals surface area contributed by atoms with Crippen LogP contribution in [0.4, 0.5) is 0 Å². The van der Waals surface area contributed by atoms with Crippen LogP contribution in [-0.2, 0) is 8.85 Å². The number of rotatable bonds is 16. The predicted octanol–water partition coefficient (Wildman–Crippen LogP) is 7.96. The normalized spacial score (nSPS) is 24.4. The van der Waals surface area contributed by atoms with Crippen molar-refractivity contribution in [2.45, 2.75) is 166 Å². The largest absolute Gasteiger partial charge is 0.410 e. The molecule has 4 atom stereocenters. The summed E-state index contributed by atoms with van der Waals surface area (Å²) in [6, 6.07) is 3.65. The molecule has 1 rings (SSSR count). The van der Waals surface area contributed by atoms with Crippen molar-refractivity contribution in [2.75, 3.05) is 0 Å². The molecule has 0 saturated heterocycles. The first kappa shape index (κ1) is 32.0. The van der Waals surface area contributed by atoms with E-state index in [1.165, 1.54) is 56.7 Å². The predicted molar refractivity (Wildman–Crippen MR) is 151 cm³/mol. The maximum absolute atomic E-state index is 11.1. The smallest absolute Gasteiger partial charge is 0.200 e. The SMILES string of the molecule is CCCC[Si](CCCC)(CCCC)O[C@H]1C=C[C@@H](O)[C@H](O)[C@@H](O[Si](C(C)C)(C(C)C)C(C)C)C1. The number of unbranched alkanes of at least 4 members (excludes halogenated alkanes) is 3. The van der Waals surface area contributed by atoms with E-state index >= 15 is 0 Å². The summed E-state index contributed by atoms with van der Waals surface area (Å²) in [5, 5.41) is 21.9. The van der Waals surface area contributed by atoms with Crippen LogP contribution in [0.2, 0.25) is 34.8 Å². The molecule has 34 heavy (non-hydrogen) atoms. The molecular weight excluding hydrogens is 456 g/mol. The van der Waals surface area contributed by atoms with Crippen LogP contribution in [0.5, 0.6) is 0 Å². The monoisotopic (exact) mass is 514 g/mol. The highest BCUT2D eigenvalue weighted by molar-refractivity contribution is 6.77. The molecule has 4 nitrogen and oxygen atoms in total. The maximum Gasteiger partial charge on any atom is 0.200 e. The highest BCUT2D eigenvalue weighted by Crippen LogP contribution is 2.44. The summed E-state index contributed by atoms with van der Waals surface area (Å²) in [5.41, 5.74) is 1.29. The molecule has 0 bridgehead atoms. The van der Waals surface area contributed by atoms with Gasteiger partial charge in [0.05, 0.1) is 12.2 Å². The molecule has 0 aliphatic heterocycles. The Morgan fingerprint density at radius 3 is 1.56 bits per heavy atom. The molecule has 0 spiro atoms. The van der Waals surface area contributed by atoms with Crippen LogP contribution in [0.3, 0.4) is 0 Å². The van der Waals surface area contributed by atoms with E-state index in [-0.39, 0.29) is 6.10 Å². The molecule has 1 aliphatic rings. The van der Waals surface area contributed by atoms with Gasteiger partial charge in [0.25, 0.3) is 0 Å². The second-order valence-corrected chi connectivity index (χ2v) is 21.2. The highest BCUT2D eigenvalue weighted by Gasteiger charge is 2.49. The molecule has 0 heterocycles. The van der Waals surface area contributed by atoms with Crippen molar-refractivity contribution in [3.8, 4) is 0 Å². The lowest BCUT2D eigenvalue weighted by Crippen LogP contribution is -2.54. The summed E-state index contributed by atoms with van der Waals surface area (Å²) < 4.78 is 14.2. The van der Waals surface area contributed by atoms with E-state index in [2.05, 4.69) is 62.3 Å². The molecule has 0 amide bonds. The zero-order valence-corrected chi connectivity index (χ0v) is 26.0. The van der Waals surface area contributed by atoms with Crippen LogP contribution >= 0.6 is 0 Å². The van der Waals surface area contributed by atoms with Gasteiger partial charge in [0, 0.05) is 6.42 Å². The topological polar surface area (TPSA) is 58.9 Å². The molecule has 0 aromatic carbocycles. The van der Waals surface area contributed by atoms with Gasteiger partial charge in [-0.05, 0) is 34.8 Å². The van der Waals surface area contributed by atoms with Crippen molar-refractivity contribution in [1.29, 1.82) is 0 Å². The average Bonchev–Trinajstić information content (AvgIpc) is 2.91. The molecule has 0 radical (unpaired) electrons. The van der Waals surface area contributed by atoms with Gasteiger partial charge in [0.1, 0.15) is 12.2 Å². The second-order valence-electron chi connectivity index (χ2n) is 11.7. The van der Waals surface area contributed by atoms with Gasteiger partial charge in [-0.3, -0.25) is 0 Å². The summed E-state index contributed by atoms with van der Waals surface area (Å²) in [7, 11) is -4.13. The van der Waals surface area contributed by atoms with Gasteiger partial charge < -0.3 is 19.1 Å². The maximum atomic E-state index is 11.1. The highest BCUT2D eigenvalue weighted by atomic mass is 28.4. The van der Waals surface area contributed by atoms with Crippen LogP contribution in [-0.4, -0.2) is 51.3 Å². The minimum atomic E-state index is -2.20. The first-order valence-electron chi connectivity index (χ1n) is 14.4. The molecule has 1 aliphatic carbocycles. The van der Waals surface area contributed by atoms with Crippen LogP contribution in [0.25, 0.3) is 0 Å². The van der Waals surface area contributed by atoms with E-state index in [0.717, 1.165) is 0 Å². The van der Waals surface area contributed by atoms with Crippen molar-refractivity contribution in [3.05, 3.63) is 12.2 Å². The third-order valence-electron chi connectivity index (χ3n) is 8.14. The van der Waals surface area contributed by atoms with Crippen molar-refractivity contribution in [3.63, 3.8) is 0 Å². The van der Waals surface area contributed by atoms with Gasteiger partial charge in [-0.25, -0.2) is 0 Å². The fourth-order valence-electron chi connectivity index (χ4n) is 6.26. The van der Waals surface area contributed by atoms with E-state index in [1.807, 2.05) is 6.08 Å². The quantitative estimate of drug-likeness (QED) is 0.162. The standard InChI is InChI=1S/C28H58O4Si2/c1-10-13-18-33(19-14-11-2,20-15-12-3)31-25-16-17-26(29)28(30)27(21-25)32-34(22(4)5,23(6)7)24(8)9/h16-17,22-30H,10-15,18-21H2,1-9H3/t25-,26+,27-,28-/m0/s1. The van der Waals surface area contributed by atoms with Crippen molar-refractivity contribution in [2.24, 2.45) is 0 Å². The van der Waals surface area contributed by atoms with E-state index in [4.69, 9.17) is 8.85 Å². The van der Waals surface area contributed by atoms with Crippen LogP contribution in [0.15, 0.2) is 12.2 Å². The van der Waals surface area contributed by atoms with E-state index < -0.39 is 34.9 Å². The fourth-order valence-corrected chi connectivity index (χ4v) is 16.8. The van der Waals surface area contributed by atoms with Crippen LogP contribution < -0.4 is 0 Å². The van der Waals surface area contributed by atoms with Gasteiger partial charge in [-0.15, -0.1) is 0 Å². The summed E-state index contributed by atoms with van der Waals surface area (Å²) >= 11 is 0. The van der Waals surface area contributed by atoms with Gasteiger partial charge in [0.15, 0.2) is 8.32 Å². The third kappa shape index (κ3) is 8.55. The molecule has 202 valence electrons. The Bertz CT molecular complexity index is 535. The number of aliphatic hydroxyl groups is 2. The number of hydrogen-bond acceptors (Lipinski definition) is 4. The third-order valence-corrected chi connectivity index (χ3v) is 18.9. The first-order valence-corrected chi connectivity index (χ1v) is 19.1. The Labute approximate surface area is 214 Å². The van der Waals surface area contributed by atoms with Gasteiger partial charge >= 0.3 is 0 Å².